The Kier molecular flexibility index (Phi) is 5.15. The van der Waals surface area contributed by atoms with Gasteiger partial charge in [-0.3, -0.25) is 0 Å². The zero-order valence-corrected chi connectivity index (χ0v) is 8.33. The molecule has 0 aromatic heterocycles. The monoisotopic (exact) mass is 216 g/mol. The van der Waals surface area contributed by atoms with Crippen molar-refractivity contribution in [2.24, 2.45) is 11.5 Å². The molecule has 0 saturated heterocycles. The van der Waals surface area contributed by atoms with E-state index >= 15 is 0 Å². The Hall–Kier alpha value is -1.10. The summed E-state index contributed by atoms with van der Waals surface area (Å²) >= 11 is 0. The number of carbonyl (C=O) groups is 1. The first kappa shape index (κ1) is 12.9. The van der Waals surface area contributed by atoms with Crippen molar-refractivity contribution >= 4 is 18.4 Å². The van der Waals surface area contributed by atoms with E-state index in [9.17, 15) is 4.79 Å². The fourth-order valence-electron chi connectivity index (χ4n) is 1.14. The second kappa shape index (κ2) is 5.59. The van der Waals surface area contributed by atoms with Crippen LogP contribution in [0.2, 0.25) is 0 Å². The van der Waals surface area contributed by atoms with Gasteiger partial charge < -0.3 is 16.6 Å². The number of carboxylic acids is 1. The number of hydrogen-bond donors (Lipinski definition) is 3. The van der Waals surface area contributed by atoms with Gasteiger partial charge >= 0.3 is 5.97 Å². The highest BCUT2D eigenvalue weighted by Gasteiger charge is 2.13. The van der Waals surface area contributed by atoms with Gasteiger partial charge in [0.2, 0.25) is 0 Å². The van der Waals surface area contributed by atoms with Crippen molar-refractivity contribution < 1.29 is 9.90 Å². The molecule has 78 valence electrons. The molecule has 0 aliphatic rings. The molecule has 1 rings (SSSR count). The Bertz CT molecular complexity index is 317. The van der Waals surface area contributed by atoms with Crippen LogP contribution in [-0.4, -0.2) is 17.6 Å². The smallest absolute Gasteiger partial charge is 0.336 e. The van der Waals surface area contributed by atoms with Gasteiger partial charge in [-0.1, -0.05) is 18.2 Å². The van der Waals surface area contributed by atoms with E-state index in [1.807, 2.05) is 0 Å². The molecule has 1 aromatic rings. The maximum absolute atomic E-state index is 10.7. The van der Waals surface area contributed by atoms with Crippen LogP contribution in [-0.2, 0) is 0 Å². The minimum atomic E-state index is -0.973. The number of aromatic carboxylic acids is 1. The lowest BCUT2D eigenvalue weighted by Gasteiger charge is -2.11. The Morgan fingerprint density at radius 2 is 2.00 bits per heavy atom. The van der Waals surface area contributed by atoms with Crippen LogP contribution in [0.4, 0.5) is 0 Å². The van der Waals surface area contributed by atoms with Crippen molar-refractivity contribution in [3.8, 4) is 0 Å². The van der Waals surface area contributed by atoms with Gasteiger partial charge in [0.05, 0.1) is 5.56 Å². The minimum absolute atomic E-state index is 0. The van der Waals surface area contributed by atoms with Crippen LogP contribution in [0, 0.1) is 0 Å². The molecule has 0 bridgehead atoms. The van der Waals surface area contributed by atoms with Crippen molar-refractivity contribution in [2.45, 2.75) is 6.04 Å². The molecule has 1 aromatic carbocycles. The summed E-state index contributed by atoms with van der Waals surface area (Å²) in [6.07, 6.45) is 0. The summed E-state index contributed by atoms with van der Waals surface area (Å²) in [6, 6.07) is 6.20. The molecule has 4 nitrogen and oxygen atoms in total. The summed E-state index contributed by atoms with van der Waals surface area (Å²) in [5.74, 6) is -0.973. The number of nitrogens with two attached hydrogens (primary N) is 2. The highest BCUT2D eigenvalue weighted by molar-refractivity contribution is 5.89. The van der Waals surface area contributed by atoms with E-state index in [4.69, 9.17) is 16.6 Å². The molecule has 0 unspecified atom stereocenters. The van der Waals surface area contributed by atoms with E-state index in [1.165, 1.54) is 6.07 Å². The Labute approximate surface area is 88.3 Å². The predicted molar refractivity (Wildman–Crippen MR) is 56.6 cm³/mol. The van der Waals surface area contributed by atoms with Gasteiger partial charge in [0.1, 0.15) is 0 Å². The Morgan fingerprint density at radius 1 is 1.43 bits per heavy atom. The van der Waals surface area contributed by atoms with E-state index in [2.05, 4.69) is 0 Å². The molecule has 0 spiro atoms. The maximum Gasteiger partial charge on any atom is 0.336 e. The van der Waals surface area contributed by atoms with Crippen LogP contribution in [0.3, 0.4) is 0 Å². The van der Waals surface area contributed by atoms with E-state index < -0.39 is 12.0 Å². The third-order valence-electron chi connectivity index (χ3n) is 1.84. The number of hydrogen-bond acceptors (Lipinski definition) is 3. The zero-order valence-electron chi connectivity index (χ0n) is 7.51. The van der Waals surface area contributed by atoms with Gasteiger partial charge in [0.15, 0.2) is 0 Å². The standard InChI is InChI=1S/C9H12N2O2.ClH/c10-5-8(11)6-3-1-2-4-7(6)9(12)13;/h1-4,8H,5,10-11H2,(H,12,13);1H/t8-;/m1./s1. The zero-order chi connectivity index (χ0) is 9.84. The molecule has 14 heavy (non-hydrogen) atoms. The molecule has 0 heterocycles. The van der Waals surface area contributed by atoms with Gasteiger partial charge in [-0.05, 0) is 11.6 Å². The first-order valence-corrected chi connectivity index (χ1v) is 3.94. The molecule has 1 atom stereocenters. The summed E-state index contributed by atoms with van der Waals surface area (Å²) < 4.78 is 0. The third-order valence-corrected chi connectivity index (χ3v) is 1.84. The summed E-state index contributed by atoms with van der Waals surface area (Å²) in [4.78, 5) is 10.7. The fourth-order valence-corrected chi connectivity index (χ4v) is 1.14. The predicted octanol–water partition coefficient (Wildman–Crippen LogP) is 0.765. The van der Waals surface area contributed by atoms with E-state index in [0.717, 1.165) is 0 Å². The van der Waals surface area contributed by atoms with E-state index in [-0.39, 0.29) is 24.5 Å². The number of benzene rings is 1. The largest absolute Gasteiger partial charge is 0.478 e. The van der Waals surface area contributed by atoms with Crippen LogP contribution in [0.5, 0.6) is 0 Å². The van der Waals surface area contributed by atoms with Crippen LogP contribution >= 0.6 is 12.4 Å². The molecule has 0 radical (unpaired) electrons. The normalized spacial score (nSPS) is 11.6. The lowest BCUT2D eigenvalue weighted by atomic mass is 10.0. The molecule has 0 saturated carbocycles. The quantitative estimate of drug-likeness (QED) is 0.696. The highest BCUT2D eigenvalue weighted by Crippen LogP contribution is 2.14. The lowest BCUT2D eigenvalue weighted by molar-refractivity contribution is 0.0695. The molecule has 5 heteroatoms. The van der Waals surface area contributed by atoms with Crippen LogP contribution in [0.25, 0.3) is 0 Å². The molecule has 0 aliphatic carbocycles. The molecule has 0 aliphatic heterocycles. The summed E-state index contributed by atoms with van der Waals surface area (Å²) in [5, 5.41) is 8.81. The summed E-state index contributed by atoms with van der Waals surface area (Å²) in [6.45, 7) is 0.240. The SMILES string of the molecule is Cl.NC[C@@H](N)c1ccccc1C(=O)O. The lowest BCUT2D eigenvalue weighted by Crippen LogP contribution is -2.23. The van der Waals surface area contributed by atoms with Crippen molar-refractivity contribution in [1.82, 2.24) is 0 Å². The van der Waals surface area contributed by atoms with Gasteiger partial charge in [-0.15, -0.1) is 12.4 Å². The Balaban J connectivity index is 0.00000169. The van der Waals surface area contributed by atoms with E-state index in [0.29, 0.717) is 5.56 Å². The maximum atomic E-state index is 10.7. The van der Waals surface area contributed by atoms with Crippen LogP contribution in [0.15, 0.2) is 24.3 Å². The van der Waals surface area contributed by atoms with Gasteiger partial charge in [-0.2, -0.15) is 0 Å². The first-order valence-electron chi connectivity index (χ1n) is 3.94. The van der Waals surface area contributed by atoms with Gasteiger partial charge in [-0.25, -0.2) is 4.79 Å². The average Bonchev–Trinajstić information content (AvgIpc) is 2.16. The number of rotatable bonds is 3. The fraction of sp³-hybridized carbons (Fsp3) is 0.222. The van der Waals surface area contributed by atoms with Crippen molar-refractivity contribution in [3.05, 3.63) is 35.4 Å². The molecular weight excluding hydrogens is 204 g/mol. The van der Waals surface area contributed by atoms with Crippen molar-refractivity contribution in [3.63, 3.8) is 0 Å². The minimum Gasteiger partial charge on any atom is -0.478 e. The second-order valence-corrected chi connectivity index (χ2v) is 2.73. The molecular formula is C9H13ClN2O2. The second-order valence-electron chi connectivity index (χ2n) is 2.73. The molecule has 0 fully saturated rings. The number of carboxylic acid groups (broad SMARTS) is 1. The van der Waals surface area contributed by atoms with Gasteiger partial charge in [0, 0.05) is 12.6 Å². The van der Waals surface area contributed by atoms with Crippen molar-refractivity contribution in [1.29, 1.82) is 0 Å². The molecule has 5 N–H and O–H groups in total. The Morgan fingerprint density at radius 3 is 2.50 bits per heavy atom. The van der Waals surface area contributed by atoms with E-state index in [1.54, 1.807) is 18.2 Å². The van der Waals surface area contributed by atoms with Crippen molar-refractivity contribution in [2.75, 3.05) is 6.54 Å². The topological polar surface area (TPSA) is 89.3 Å². The van der Waals surface area contributed by atoms with Crippen LogP contribution < -0.4 is 11.5 Å². The van der Waals surface area contributed by atoms with Crippen LogP contribution in [0.1, 0.15) is 22.0 Å². The molecule has 0 amide bonds. The third kappa shape index (κ3) is 2.70. The number of halogens is 1. The first-order chi connectivity index (χ1) is 6.16. The summed E-state index contributed by atoms with van der Waals surface area (Å²) in [5.41, 5.74) is 11.8. The summed E-state index contributed by atoms with van der Waals surface area (Å²) in [7, 11) is 0. The van der Waals surface area contributed by atoms with Gasteiger partial charge in [0.25, 0.3) is 0 Å². The average molecular weight is 217 g/mol. The highest BCUT2D eigenvalue weighted by atomic mass is 35.5.